The molecule has 1 aromatic heterocycles. The molecule has 0 saturated heterocycles. The minimum Gasteiger partial charge on any atom is -0.461 e. The number of imidazole rings is 1. The van der Waals surface area contributed by atoms with Gasteiger partial charge in [-0.15, -0.1) is 0 Å². The zero-order chi connectivity index (χ0) is 13.3. The number of primary amides is 1. The topological polar surface area (TPSA) is 112 Å². The van der Waals surface area contributed by atoms with Crippen LogP contribution in [0.15, 0.2) is 18.0 Å². The van der Waals surface area contributed by atoms with E-state index in [0.29, 0.717) is 0 Å². The van der Waals surface area contributed by atoms with Crippen LogP contribution in [0.1, 0.15) is 17.4 Å². The lowest BCUT2D eigenvalue weighted by Gasteiger charge is -2.17. The third kappa shape index (κ3) is 1.73. The number of hydrazone groups is 1. The number of hydrogen-bond donors (Lipinski definition) is 2. The lowest BCUT2D eigenvalue weighted by atomic mass is 10.2. The van der Waals surface area contributed by atoms with Crippen molar-refractivity contribution in [3.8, 4) is 0 Å². The second-order valence-corrected chi connectivity index (χ2v) is 3.42. The van der Waals surface area contributed by atoms with Gasteiger partial charge in [-0.1, -0.05) is 6.58 Å². The van der Waals surface area contributed by atoms with Crippen molar-refractivity contribution in [1.82, 2.24) is 9.55 Å². The number of ether oxygens (including phenoxy) is 1. The standard InChI is InChI=1S/C10H11N5O3/c1-3-18-10(17)6-5(2)15-4-12-7(8(11)16)9(15)14-13-6/h4,14H,2-3H2,1H3,(H2,11,16). The predicted molar refractivity (Wildman–Crippen MR) is 63.8 cm³/mol. The van der Waals surface area contributed by atoms with Gasteiger partial charge in [0.1, 0.15) is 6.33 Å². The number of esters is 1. The van der Waals surface area contributed by atoms with Crippen LogP contribution in [-0.4, -0.2) is 33.7 Å². The van der Waals surface area contributed by atoms with E-state index in [0.717, 1.165) is 0 Å². The van der Waals surface area contributed by atoms with Crippen LogP contribution in [0.4, 0.5) is 5.82 Å². The van der Waals surface area contributed by atoms with E-state index in [1.807, 2.05) is 0 Å². The zero-order valence-electron chi connectivity index (χ0n) is 9.64. The molecule has 0 bridgehead atoms. The van der Waals surface area contributed by atoms with Crippen LogP contribution in [0, 0.1) is 0 Å². The molecule has 1 aliphatic heterocycles. The maximum absolute atomic E-state index is 11.6. The molecule has 0 fully saturated rings. The molecule has 0 aromatic carbocycles. The smallest absolute Gasteiger partial charge is 0.360 e. The second-order valence-electron chi connectivity index (χ2n) is 3.42. The fourth-order valence-corrected chi connectivity index (χ4v) is 1.49. The van der Waals surface area contributed by atoms with Gasteiger partial charge in [-0.2, -0.15) is 5.10 Å². The molecule has 0 atom stereocenters. The number of rotatable bonds is 3. The monoisotopic (exact) mass is 249 g/mol. The van der Waals surface area contributed by atoms with E-state index < -0.39 is 11.9 Å². The molecule has 0 spiro atoms. The normalized spacial score (nSPS) is 13.4. The van der Waals surface area contributed by atoms with E-state index in [1.165, 1.54) is 10.9 Å². The Hall–Kier alpha value is -2.64. The van der Waals surface area contributed by atoms with Crippen LogP contribution >= 0.6 is 0 Å². The minimum atomic E-state index is -0.696. The number of amides is 1. The molecule has 0 saturated carbocycles. The highest BCUT2D eigenvalue weighted by atomic mass is 16.5. The molecule has 1 aliphatic rings. The number of carbonyl (C=O) groups is 2. The first-order valence-electron chi connectivity index (χ1n) is 5.13. The number of aromatic nitrogens is 2. The Morgan fingerprint density at radius 2 is 2.33 bits per heavy atom. The SMILES string of the molecule is C=C1C(C(=O)OCC)=NNc2c(C(N)=O)ncn21. The van der Waals surface area contributed by atoms with Crippen molar-refractivity contribution < 1.29 is 14.3 Å². The third-order valence-corrected chi connectivity index (χ3v) is 2.31. The van der Waals surface area contributed by atoms with Crippen LogP contribution in [-0.2, 0) is 9.53 Å². The summed E-state index contributed by atoms with van der Waals surface area (Å²) < 4.78 is 6.24. The summed E-state index contributed by atoms with van der Waals surface area (Å²) in [5.74, 6) is -1.02. The van der Waals surface area contributed by atoms with Gasteiger partial charge in [0.2, 0.25) is 0 Å². The van der Waals surface area contributed by atoms with Crippen molar-refractivity contribution in [1.29, 1.82) is 0 Å². The Kier molecular flexibility index (Phi) is 2.84. The number of nitrogens with two attached hydrogens (primary N) is 1. The maximum atomic E-state index is 11.6. The summed E-state index contributed by atoms with van der Waals surface area (Å²) in [4.78, 5) is 26.5. The minimum absolute atomic E-state index is 0.0257. The van der Waals surface area contributed by atoms with Crippen molar-refractivity contribution in [2.45, 2.75) is 6.92 Å². The van der Waals surface area contributed by atoms with Gasteiger partial charge in [-0.3, -0.25) is 14.8 Å². The molecule has 8 nitrogen and oxygen atoms in total. The van der Waals surface area contributed by atoms with Crippen molar-refractivity contribution in [3.05, 3.63) is 18.6 Å². The van der Waals surface area contributed by atoms with Gasteiger partial charge in [0.25, 0.3) is 5.91 Å². The van der Waals surface area contributed by atoms with Crippen molar-refractivity contribution in [2.24, 2.45) is 10.8 Å². The van der Waals surface area contributed by atoms with E-state index in [-0.39, 0.29) is 29.5 Å². The van der Waals surface area contributed by atoms with E-state index in [2.05, 4.69) is 22.1 Å². The molecule has 2 rings (SSSR count). The molecule has 0 unspecified atom stereocenters. The average Bonchev–Trinajstić information content (AvgIpc) is 2.74. The second kappa shape index (κ2) is 4.32. The summed E-state index contributed by atoms with van der Waals surface area (Å²) in [5, 5.41) is 3.81. The first-order valence-corrected chi connectivity index (χ1v) is 5.13. The molecule has 1 amide bonds. The van der Waals surface area contributed by atoms with Gasteiger partial charge in [0.15, 0.2) is 17.2 Å². The van der Waals surface area contributed by atoms with Crippen molar-refractivity contribution in [3.63, 3.8) is 0 Å². The summed E-state index contributed by atoms with van der Waals surface area (Å²) >= 11 is 0. The fourth-order valence-electron chi connectivity index (χ4n) is 1.49. The van der Waals surface area contributed by atoms with Gasteiger partial charge in [-0.25, -0.2) is 9.78 Å². The van der Waals surface area contributed by atoms with Gasteiger partial charge in [0, 0.05) is 0 Å². The molecule has 0 radical (unpaired) electrons. The maximum Gasteiger partial charge on any atom is 0.360 e. The van der Waals surface area contributed by atoms with Gasteiger partial charge in [-0.05, 0) is 6.92 Å². The Bertz CT molecular complexity index is 572. The van der Waals surface area contributed by atoms with Crippen LogP contribution < -0.4 is 11.2 Å². The first kappa shape index (κ1) is 11.8. The molecule has 1 aromatic rings. The summed E-state index contributed by atoms with van der Waals surface area (Å²) in [6.07, 6.45) is 1.33. The van der Waals surface area contributed by atoms with E-state index in [1.54, 1.807) is 6.92 Å². The van der Waals surface area contributed by atoms with Crippen molar-refractivity contribution >= 4 is 29.1 Å². The number of nitrogens with zero attached hydrogens (tertiary/aromatic N) is 3. The quantitative estimate of drug-likeness (QED) is 0.720. The molecule has 94 valence electrons. The summed E-state index contributed by atoms with van der Waals surface area (Å²) in [6, 6.07) is 0. The zero-order valence-corrected chi connectivity index (χ0v) is 9.64. The molecule has 2 heterocycles. The molecular formula is C10H11N5O3. The van der Waals surface area contributed by atoms with E-state index in [9.17, 15) is 9.59 Å². The average molecular weight is 249 g/mol. The number of fused-ring (bicyclic) bond motifs is 1. The number of carbonyl (C=O) groups excluding carboxylic acids is 2. The summed E-state index contributed by atoms with van der Waals surface area (Å²) in [6.45, 7) is 5.63. The van der Waals surface area contributed by atoms with Crippen LogP contribution in [0.2, 0.25) is 0 Å². The molecule has 18 heavy (non-hydrogen) atoms. The van der Waals surface area contributed by atoms with Crippen LogP contribution in [0.5, 0.6) is 0 Å². The highest BCUT2D eigenvalue weighted by molar-refractivity contribution is 6.52. The summed E-state index contributed by atoms with van der Waals surface area (Å²) in [7, 11) is 0. The number of nitrogens with one attached hydrogen (secondary N) is 1. The van der Waals surface area contributed by atoms with Gasteiger partial charge < -0.3 is 10.5 Å². The fraction of sp³-hybridized carbons (Fsp3) is 0.200. The highest BCUT2D eigenvalue weighted by Crippen LogP contribution is 2.23. The molecular weight excluding hydrogens is 238 g/mol. The number of hydrogen-bond acceptors (Lipinski definition) is 6. The molecule has 0 aliphatic carbocycles. The molecule has 3 N–H and O–H groups in total. The van der Waals surface area contributed by atoms with Gasteiger partial charge >= 0.3 is 5.97 Å². The predicted octanol–water partition coefficient (Wildman–Crippen LogP) is -0.203. The Morgan fingerprint density at radius 3 is 2.94 bits per heavy atom. The van der Waals surface area contributed by atoms with E-state index >= 15 is 0 Å². The van der Waals surface area contributed by atoms with E-state index in [4.69, 9.17) is 10.5 Å². The number of anilines is 1. The molecule has 8 heteroatoms. The lowest BCUT2D eigenvalue weighted by molar-refractivity contribution is -0.134. The van der Waals surface area contributed by atoms with Crippen LogP contribution in [0.25, 0.3) is 5.70 Å². The first-order chi connectivity index (χ1) is 8.56. The van der Waals surface area contributed by atoms with Crippen molar-refractivity contribution in [2.75, 3.05) is 12.0 Å². The Morgan fingerprint density at radius 1 is 1.61 bits per heavy atom. The Balaban J connectivity index is 2.36. The largest absolute Gasteiger partial charge is 0.461 e. The Labute approximate surface area is 102 Å². The summed E-state index contributed by atoms with van der Waals surface area (Å²) in [5.41, 5.74) is 8.01. The third-order valence-electron chi connectivity index (χ3n) is 2.31. The lowest BCUT2D eigenvalue weighted by Crippen LogP contribution is -2.27. The van der Waals surface area contributed by atoms with Gasteiger partial charge in [0.05, 0.1) is 12.3 Å². The highest BCUT2D eigenvalue weighted by Gasteiger charge is 2.27. The van der Waals surface area contributed by atoms with Crippen LogP contribution in [0.3, 0.4) is 0 Å².